The van der Waals surface area contributed by atoms with Gasteiger partial charge in [0.1, 0.15) is 18.1 Å². The lowest BCUT2D eigenvalue weighted by Gasteiger charge is -2.27. The van der Waals surface area contributed by atoms with E-state index >= 15 is 0 Å². The lowest BCUT2D eigenvalue weighted by atomic mass is 9.99. The molecule has 3 aliphatic rings. The number of nitrogens with one attached hydrogen (secondary N) is 4. The lowest BCUT2D eigenvalue weighted by Crippen LogP contribution is -2.54. The van der Waals surface area contributed by atoms with Crippen LogP contribution in [0.15, 0.2) is 53.4 Å². The molecular weight excluding hydrogens is 752 g/mol. The fourth-order valence-corrected chi connectivity index (χ4v) is 6.68. The van der Waals surface area contributed by atoms with Gasteiger partial charge in [-0.1, -0.05) is 12.1 Å². The lowest BCUT2D eigenvalue weighted by molar-refractivity contribution is -0.136. The zero-order valence-electron chi connectivity index (χ0n) is 31.7. The third kappa shape index (κ3) is 9.61. The van der Waals surface area contributed by atoms with Crippen molar-refractivity contribution < 1.29 is 42.7 Å². The van der Waals surface area contributed by atoms with Gasteiger partial charge in [0.2, 0.25) is 17.7 Å². The summed E-state index contributed by atoms with van der Waals surface area (Å²) in [5.41, 5.74) is 7.53. The number of carbonyl (C=O) groups is 6. The van der Waals surface area contributed by atoms with E-state index in [2.05, 4.69) is 36.3 Å². The number of rotatable bonds is 21. The van der Waals surface area contributed by atoms with E-state index in [1.54, 1.807) is 30.5 Å². The number of oxazole rings is 1. The van der Waals surface area contributed by atoms with Crippen LogP contribution in [0.4, 0.5) is 11.5 Å². The van der Waals surface area contributed by atoms with Crippen LogP contribution >= 0.6 is 0 Å². The maximum atomic E-state index is 13.3. The van der Waals surface area contributed by atoms with Crippen molar-refractivity contribution in [3.05, 3.63) is 77.1 Å². The van der Waals surface area contributed by atoms with E-state index in [1.807, 2.05) is 6.07 Å². The Morgan fingerprint density at radius 2 is 1.83 bits per heavy atom. The fraction of sp³-hybridized carbons (Fsp3) is 0.410. The molecule has 1 unspecified atom stereocenters. The van der Waals surface area contributed by atoms with Gasteiger partial charge >= 0.3 is 0 Å². The molecule has 0 radical (unpaired) electrons. The molecule has 19 heteroatoms. The monoisotopic (exact) mass is 796 g/mol. The highest BCUT2D eigenvalue weighted by atomic mass is 16.5. The van der Waals surface area contributed by atoms with Gasteiger partial charge < -0.3 is 35.6 Å². The van der Waals surface area contributed by atoms with E-state index in [-0.39, 0.29) is 41.4 Å². The van der Waals surface area contributed by atoms with Gasteiger partial charge in [-0.05, 0) is 61.8 Å². The van der Waals surface area contributed by atoms with Crippen molar-refractivity contribution in [3.8, 4) is 11.5 Å². The number of amides is 6. The summed E-state index contributed by atoms with van der Waals surface area (Å²) < 4.78 is 18.4. The minimum Gasteiger partial charge on any atom is -0.444 e. The van der Waals surface area contributed by atoms with Crippen molar-refractivity contribution in [2.45, 2.75) is 51.1 Å². The van der Waals surface area contributed by atoms with Crippen molar-refractivity contribution in [3.63, 3.8) is 0 Å². The van der Waals surface area contributed by atoms with Gasteiger partial charge in [0.15, 0.2) is 11.4 Å². The van der Waals surface area contributed by atoms with Crippen LogP contribution in [0.25, 0.3) is 11.5 Å². The van der Waals surface area contributed by atoms with Crippen LogP contribution in [0.2, 0.25) is 0 Å². The summed E-state index contributed by atoms with van der Waals surface area (Å²) in [5.74, 6) is -1.87. The number of fused-ring (bicyclic) bond motifs is 1. The predicted octanol–water partition coefficient (Wildman–Crippen LogP) is 1.76. The number of anilines is 2. The maximum absolute atomic E-state index is 13.3. The molecule has 0 bridgehead atoms. The fourth-order valence-electron chi connectivity index (χ4n) is 6.68. The Balaban J connectivity index is 0.774. The average molecular weight is 797 g/mol. The van der Waals surface area contributed by atoms with E-state index in [0.29, 0.717) is 87.3 Å². The Labute approximate surface area is 332 Å². The number of primary amides is 1. The number of nitrogens with two attached hydrogens (primary N) is 1. The van der Waals surface area contributed by atoms with Crippen LogP contribution in [-0.2, 0) is 32.0 Å². The summed E-state index contributed by atoms with van der Waals surface area (Å²) in [7, 11) is 0. The smallest absolute Gasteiger partial charge is 0.277 e. The molecule has 4 aromatic rings. The summed E-state index contributed by atoms with van der Waals surface area (Å²) in [6, 6.07) is 7.62. The Kier molecular flexibility index (Phi) is 12.6. The van der Waals surface area contributed by atoms with E-state index in [9.17, 15) is 28.8 Å². The molecule has 0 spiro atoms. The molecule has 1 aromatic carbocycles. The number of aryl methyl sites for hydroxylation is 1. The second-order valence-electron chi connectivity index (χ2n) is 14.1. The van der Waals surface area contributed by atoms with E-state index in [1.165, 1.54) is 30.0 Å². The molecule has 19 nitrogen and oxygen atoms in total. The molecule has 1 atom stereocenters. The Morgan fingerprint density at radius 1 is 1.00 bits per heavy atom. The predicted molar refractivity (Wildman–Crippen MR) is 206 cm³/mol. The number of benzene rings is 1. The molecule has 1 saturated carbocycles. The molecule has 2 fully saturated rings. The van der Waals surface area contributed by atoms with Gasteiger partial charge in [-0.15, -0.1) is 0 Å². The summed E-state index contributed by atoms with van der Waals surface area (Å²) >= 11 is 0. The molecule has 2 aliphatic heterocycles. The number of hydrogen-bond acceptors (Lipinski definition) is 14. The first-order valence-electron chi connectivity index (χ1n) is 19.2. The Hall–Kier alpha value is -6.31. The first-order valence-corrected chi connectivity index (χ1v) is 19.2. The van der Waals surface area contributed by atoms with Crippen LogP contribution in [0, 0.1) is 5.92 Å². The standard InChI is InChI=1S/C39H44N10O9/c40-34(51)33-27(44-35(52)28-22-58-37(45-28)25-10-11-42-30(19-25)43-20-23-6-7-23)21-48(47-33)14-12-41-13-16-57-18-17-56-15-2-4-24-3-1-5-26-32(24)39(55)49(38(26)54)29-8-9-31(50)46-36(29)53/h1,3,5,10-11,19,21-23,29,41H,2,4,6-9,12-18,20H2,(H2,40,51)(H,42,43)(H,44,52)(H,46,50,53). The number of imide groups is 2. The highest BCUT2D eigenvalue weighted by Crippen LogP contribution is 2.31. The van der Waals surface area contributed by atoms with Crippen LogP contribution in [-0.4, -0.2) is 112 Å². The molecule has 6 amide bonds. The number of piperidine rings is 1. The SMILES string of the molecule is NC(=O)c1nn(CCNCCOCCOCCCc2cccc3c2C(=O)N(C2CCC(=O)NC2=O)C3=O)cc1NC(=O)c1coc(-c2ccnc(NCC3CC3)c2)n1. The summed E-state index contributed by atoms with van der Waals surface area (Å²) in [6.45, 7) is 3.83. The minimum atomic E-state index is -1.01. The first-order chi connectivity index (χ1) is 28.2. The van der Waals surface area contributed by atoms with Gasteiger partial charge in [-0.3, -0.25) is 43.7 Å². The van der Waals surface area contributed by atoms with Crippen LogP contribution < -0.4 is 27.0 Å². The first kappa shape index (κ1) is 39.9. The third-order valence-electron chi connectivity index (χ3n) is 9.86. The van der Waals surface area contributed by atoms with Gasteiger partial charge in [0.05, 0.1) is 43.2 Å². The number of pyridine rings is 1. The number of aromatic nitrogens is 4. The second kappa shape index (κ2) is 18.3. The zero-order valence-corrected chi connectivity index (χ0v) is 31.7. The second-order valence-corrected chi connectivity index (χ2v) is 14.1. The van der Waals surface area contributed by atoms with Crippen LogP contribution in [0.5, 0.6) is 0 Å². The van der Waals surface area contributed by atoms with Crippen molar-refractivity contribution in [2.24, 2.45) is 11.7 Å². The van der Waals surface area contributed by atoms with E-state index in [0.717, 1.165) is 11.4 Å². The molecule has 1 saturated heterocycles. The van der Waals surface area contributed by atoms with Gasteiger partial charge in [0.25, 0.3) is 23.6 Å². The zero-order chi connectivity index (χ0) is 40.6. The highest BCUT2D eigenvalue weighted by molar-refractivity contribution is 6.24. The highest BCUT2D eigenvalue weighted by Gasteiger charge is 2.45. The van der Waals surface area contributed by atoms with Gasteiger partial charge in [-0.2, -0.15) is 5.10 Å². The summed E-state index contributed by atoms with van der Waals surface area (Å²) in [5, 5.41) is 15.6. The minimum absolute atomic E-state index is 0.0163. The summed E-state index contributed by atoms with van der Waals surface area (Å²) in [4.78, 5) is 84.9. The van der Waals surface area contributed by atoms with Crippen LogP contribution in [0.3, 0.4) is 0 Å². The van der Waals surface area contributed by atoms with Crippen molar-refractivity contribution in [2.75, 3.05) is 56.7 Å². The van der Waals surface area contributed by atoms with Crippen molar-refractivity contribution in [1.29, 1.82) is 0 Å². The van der Waals surface area contributed by atoms with Gasteiger partial charge in [-0.25, -0.2) is 9.97 Å². The Morgan fingerprint density at radius 3 is 2.62 bits per heavy atom. The number of nitrogens with zero attached hydrogens (tertiary/aromatic N) is 5. The molecule has 3 aromatic heterocycles. The van der Waals surface area contributed by atoms with Crippen molar-refractivity contribution in [1.82, 2.24) is 35.3 Å². The largest absolute Gasteiger partial charge is 0.444 e. The maximum Gasteiger partial charge on any atom is 0.277 e. The molecule has 304 valence electrons. The van der Waals surface area contributed by atoms with Crippen molar-refractivity contribution >= 4 is 46.9 Å². The molecule has 58 heavy (non-hydrogen) atoms. The van der Waals surface area contributed by atoms with Gasteiger partial charge in [0, 0.05) is 50.6 Å². The number of ether oxygens (including phenoxy) is 2. The molecule has 7 rings (SSSR count). The van der Waals surface area contributed by atoms with E-state index < -0.39 is 41.5 Å². The quantitative estimate of drug-likeness (QED) is 0.0595. The molecular formula is C39H44N10O9. The topological polar surface area (TPSA) is 255 Å². The molecule has 5 heterocycles. The number of hydrogen-bond donors (Lipinski definition) is 5. The summed E-state index contributed by atoms with van der Waals surface area (Å²) in [6.07, 6.45) is 8.10. The molecule has 6 N–H and O–H groups in total. The Bertz CT molecular complexity index is 2200. The average Bonchev–Trinajstić information content (AvgIpc) is 3.63. The third-order valence-corrected chi connectivity index (χ3v) is 9.86. The number of carbonyl (C=O) groups excluding carboxylic acids is 6. The normalized spacial score (nSPS) is 16.4. The van der Waals surface area contributed by atoms with Crippen LogP contribution in [0.1, 0.15) is 79.4 Å². The van der Waals surface area contributed by atoms with E-state index in [4.69, 9.17) is 19.6 Å². The molecule has 1 aliphatic carbocycles.